The van der Waals surface area contributed by atoms with Crippen LogP contribution < -0.4 is 0 Å². The van der Waals surface area contributed by atoms with Crippen molar-refractivity contribution in [2.75, 3.05) is 6.61 Å². The number of esters is 1. The lowest BCUT2D eigenvalue weighted by atomic mass is 9.71. The molecular formula is C24H28Cl2O3. The molecule has 3 rings (SSSR count). The van der Waals surface area contributed by atoms with Gasteiger partial charge < -0.3 is 4.74 Å². The van der Waals surface area contributed by atoms with Crippen LogP contribution in [0.5, 0.6) is 0 Å². The van der Waals surface area contributed by atoms with E-state index in [0.717, 1.165) is 32.1 Å². The number of ketones is 1. The molecule has 0 heterocycles. The molecule has 1 aromatic rings. The van der Waals surface area contributed by atoms with Gasteiger partial charge in [-0.3, -0.25) is 9.59 Å². The minimum absolute atomic E-state index is 0.0306. The van der Waals surface area contributed by atoms with E-state index in [9.17, 15) is 9.59 Å². The van der Waals surface area contributed by atoms with E-state index >= 15 is 0 Å². The molecule has 2 atom stereocenters. The van der Waals surface area contributed by atoms with Gasteiger partial charge in [-0.25, -0.2) is 0 Å². The monoisotopic (exact) mass is 434 g/mol. The molecule has 2 unspecified atom stereocenters. The Labute approximate surface area is 183 Å². The summed E-state index contributed by atoms with van der Waals surface area (Å²) in [6, 6.07) is 5.21. The fourth-order valence-electron chi connectivity index (χ4n) is 4.54. The van der Waals surface area contributed by atoms with Crippen molar-refractivity contribution in [3.8, 4) is 0 Å². The maximum atomic E-state index is 13.3. The number of carbonyl (C=O) groups excluding carboxylic acids is 2. The molecule has 0 aliphatic heterocycles. The lowest BCUT2D eigenvalue weighted by molar-refractivity contribution is -0.153. The minimum Gasteiger partial charge on any atom is -0.465 e. The molecule has 0 bridgehead atoms. The Hall–Kier alpha value is -1.58. The quantitative estimate of drug-likeness (QED) is 0.377. The molecule has 0 spiro atoms. The maximum Gasteiger partial charge on any atom is 0.316 e. The van der Waals surface area contributed by atoms with Crippen molar-refractivity contribution >= 4 is 35.0 Å². The van der Waals surface area contributed by atoms with Gasteiger partial charge in [0, 0.05) is 16.0 Å². The number of ether oxygens (including phenoxy) is 1. The molecule has 3 nitrogen and oxygen atoms in total. The lowest BCUT2D eigenvalue weighted by Gasteiger charge is -2.33. The first kappa shape index (κ1) is 22.1. The fourth-order valence-corrected chi connectivity index (χ4v) is 5.09. The highest BCUT2D eigenvalue weighted by Gasteiger charge is 2.37. The number of carbonyl (C=O) groups is 2. The molecule has 0 N–H and O–H groups in total. The standard InChI is InChI=1S/C24H28Cl2O3/c1-2-29-24(28)20(15-19-21(25)9-6-10-22(19)26)23(27)18-13-11-17(12-14-18)16-7-4-3-5-8-16/h3-7,9-10,16-18,20H,2,8,11-15H2,1H3. The molecule has 5 heteroatoms. The van der Waals surface area contributed by atoms with Crippen LogP contribution in [0.4, 0.5) is 0 Å². The molecule has 1 saturated carbocycles. The van der Waals surface area contributed by atoms with E-state index < -0.39 is 11.9 Å². The van der Waals surface area contributed by atoms with E-state index in [1.54, 1.807) is 25.1 Å². The SMILES string of the molecule is CCOC(=O)C(Cc1c(Cl)cccc1Cl)C(=O)C1CCC(C2C=CC=CC2)CC1. The first-order valence-electron chi connectivity index (χ1n) is 10.5. The average Bonchev–Trinajstić information content (AvgIpc) is 2.74. The second kappa shape index (κ2) is 10.4. The summed E-state index contributed by atoms with van der Waals surface area (Å²) in [4.78, 5) is 25.9. The van der Waals surface area contributed by atoms with Crippen molar-refractivity contribution in [1.29, 1.82) is 0 Å². The molecule has 156 valence electrons. The molecule has 29 heavy (non-hydrogen) atoms. The Bertz CT molecular complexity index is 771. The van der Waals surface area contributed by atoms with Gasteiger partial charge in [0.15, 0.2) is 5.78 Å². The largest absolute Gasteiger partial charge is 0.465 e. The van der Waals surface area contributed by atoms with E-state index in [2.05, 4.69) is 24.3 Å². The van der Waals surface area contributed by atoms with Crippen LogP contribution in [0.1, 0.15) is 44.6 Å². The van der Waals surface area contributed by atoms with Gasteiger partial charge in [-0.1, -0.05) is 53.6 Å². The summed E-state index contributed by atoms with van der Waals surface area (Å²) in [6.07, 6.45) is 13.7. The summed E-state index contributed by atoms with van der Waals surface area (Å²) in [5, 5.41) is 0.945. The van der Waals surface area contributed by atoms with Crippen LogP contribution in [-0.4, -0.2) is 18.4 Å². The fraction of sp³-hybridized carbons (Fsp3) is 0.500. The van der Waals surface area contributed by atoms with E-state index in [1.165, 1.54) is 0 Å². The predicted molar refractivity (Wildman–Crippen MR) is 117 cm³/mol. The third kappa shape index (κ3) is 5.52. The van der Waals surface area contributed by atoms with Crippen LogP contribution in [0.25, 0.3) is 0 Å². The van der Waals surface area contributed by atoms with Crippen LogP contribution in [0.2, 0.25) is 10.0 Å². The highest BCUT2D eigenvalue weighted by molar-refractivity contribution is 6.36. The molecule has 0 saturated heterocycles. The van der Waals surface area contributed by atoms with Crippen molar-refractivity contribution in [3.63, 3.8) is 0 Å². The molecule has 0 radical (unpaired) electrons. The predicted octanol–water partition coefficient (Wildman–Crippen LogP) is 6.22. The summed E-state index contributed by atoms with van der Waals surface area (Å²) in [6.45, 7) is 1.99. The summed E-state index contributed by atoms with van der Waals surface area (Å²) in [5.74, 6) is -0.289. The molecule has 2 aliphatic carbocycles. The molecule has 0 amide bonds. The molecule has 2 aliphatic rings. The Kier molecular flexibility index (Phi) is 7.97. The minimum atomic E-state index is -0.855. The van der Waals surface area contributed by atoms with Gasteiger partial charge in [-0.2, -0.15) is 0 Å². The second-order valence-corrected chi connectivity index (χ2v) is 8.75. The van der Waals surface area contributed by atoms with E-state index in [1.807, 2.05) is 0 Å². The van der Waals surface area contributed by atoms with Gasteiger partial charge in [0.1, 0.15) is 5.92 Å². The zero-order valence-corrected chi connectivity index (χ0v) is 18.3. The van der Waals surface area contributed by atoms with Crippen LogP contribution >= 0.6 is 23.2 Å². The van der Waals surface area contributed by atoms with Gasteiger partial charge in [0.2, 0.25) is 0 Å². The Morgan fingerprint density at radius 1 is 1.10 bits per heavy atom. The second-order valence-electron chi connectivity index (χ2n) is 7.94. The third-order valence-corrected chi connectivity index (χ3v) is 6.89. The van der Waals surface area contributed by atoms with Crippen molar-refractivity contribution in [3.05, 3.63) is 58.1 Å². The van der Waals surface area contributed by atoms with Gasteiger partial charge in [-0.05, 0) is 75.0 Å². The molecule has 1 aromatic carbocycles. The number of halogens is 2. The smallest absolute Gasteiger partial charge is 0.316 e. The highest BCUT2D eigenvalue weighted by atomic mass is 35.5. The van der Waals surface area contributed by atoms with Crippen molar-refractivity contribution in [1.82, 2.24) is 0 Å². The maximum absolute atomic E-state index is 13.3. The zero-order valence-electron chi connectivity index (χ0n) is 16.8. The van der Waals surface area contributed by atoms with Crippen LogP contribution in [-0.2, 0) is 20.7 Å². The molecular weight excluding hydrogens is 407 g/mol. The van der Waals surface area contributed by atoms with Crippen molar-refractivity contribution in [2.24, 2.45) is 23.7 Å². The Morgan fingerprint density at radius 2 is 1.79 bits per heavy atom. The summed E-state index contributed by atoms with van der Waals surface area (Å²) in [5.41, 5.74) is 0.634. The van der Waals surface area contributed by atoms with Crippen molar-refractivity contribution < 1.29 is 14.3 Å². The summed E-state index contributed by atoms with van der Waals surface area (Å²) in [7, 11) is 0. The lowest BCUT2D eigenvalue weighted by Crippen LogP contribution is -2.35. The number of allylic oxidation sites excluding steroid dienone is 4. The Balaban J connectivity index is 1.69. The number of hydrogen-bond acceptors (Lipinski definition) is 3. The van der Waals surface area contributed by atoms with Gasteiger partial charge in [0.05, 0.1) is 6.61 Å². The number of benzene rings is 1. The van der Waals surface area contributed by atoms with E-state index in [-0.39, 0.29) is 24.7 Å². The topological polar surface area (TPSA) is 43.4 Å². The van der Waals surface area contributed by atoms with Crippen molar-refractivity contribution in [2.45, 2.75) is 45.4 Å². The first-order chi connectivity index (χ1) is 14.0. The number of Topliss-reactive ketones (excluding diaryl/α,β-unsaturated/α-hetero) is 1. The van der Waals surface area contributed by atoms with E-state index in [0.29, 0.717) is 27.4 Å². The number of rotatable bonds is 7. The van der Waals surface area contributed by atoms with E-state index in [4.69, 9.17) is 27.9 Å². The average molecular weight is 435 g/mol. The zero-order chi connectivity index (χ0) is 20.8. The van der Waals surface area contributed by atoms with Gasteiger partial charge in [-0.15, -0.1) is 0 Å². The van der Waals surface area contributed by atoms with Crippen LogP contribution in [0.15, 0.2) is 42.5 Å². The highest BCUT2D eigenvalue weighted by Crippen LogP contribution is 2.38. The normalized spacial score (nSPS) is 24.9. The molecule has 0 aromatic heterocycles. The number of hydrogen-bond donors (Lipinski definition) is 0. The Morgan fingerprint density at radius 3 is 2.38 bits per heavy atom. The third-order valence-electron chi connectivity index (χ3n) is 6.18. The molecule has 1 fully saturated rings. The van der Waals surface area contributed by atoms with Gasteiger partial charge >= 0.3 is 5.97 Å². The first-order valence-corrected chi connectivity index (χ1v) is 11.2. The van der Waals surface area contributed by atoms with Crippen LogP contribution in [0, 0.1) is 23.7 Å². The van der Waals surface area contributed by atoms with Crippen LogP contribution in [0.3, 0.4) is 0 Å². The van der Waals surface area contributed by atoms with Gasteiger partial charge in [0.25, 0.3) is 0 Å². The summed E-state index contributed by atoms with van der Waals surface area (Å²) < 4.78 is 5.22. The summed E-state index contributed by atoms with van der Waals surface area (Å²) >= 11 is 12.6.